The van der Waals surface area contributed by atoms with Gasteiger partial charge in [-0.3, -0.25) is 4.79 Å². The summed E-state index contributed by atoms with van der Waals surface area (Å²) in [6.45, 7) is 8.07. The Morgan fingerprint density at radius 2 is 2.17 bits per heavy atom. The molecule has 1 rings (SSSR count). The Bertz CT molecular complexity index is 253. The monoisotopic (exact) mass is 165 g/mol. The van der Waals surface area contributed by atoms with Crippen LogP contribution in [0.2, 0.25) is 0 Å². The fourth-order valence-electron chi connectivity index (χ4n) is 0.973. The van der Waals surface area contributed by atoms with Gasteiger partial charge in [-0.2, -0.15) is 0 Å². The van der Waals surface area contributed by atoms with Crippen molar-refractivity contribution in [2.24, 2.45) is 0 Å². The van der Waals surface area contributed by atoms with Crippen LogP contribution in [0.25, 0.3) is 0 Å². The first-order chi connectivity index (χ1) is 5.79. The number of amides is 1. The molecule has 1 amide bonds. The summed E-state index contributed by atoms with van der Waals surface area (Å²) in [6.07, 6.45) is 2.99. The van der Waals surface area contributed by atoms with Gasteiger partial charge in [0.1, 0.15) is 12.4 Å². The zero-order valence-corrected chi connectivity index (χ0v) is 6.80. The number of hydrogen-bond acceptors (Lipinski definition) is 2. The normalized spacial score (nSPS) is 17.5. The lowest BCUT2D eigenvalue weighted by atomic mass is 10.2. The number of carbonyl (C=O) groups excluding carboxylic acids is 1. The van der Waals surface area contributed by atoms with Crippen molar-refractivity contribution in [1.29, 1.82) is 0 Å². The molecule has 0 aromatic rings. The molecule has 0 aromatic heterocycles. The molecule has 0 unspecified atom stereocenters. The van der Waals surface area contributed by atoms with Crippen LogP contribution in [0.3, 0.4) is 0 Å². The predicted octanol–water partition coefficient (Wildman–Crippen LogP) is 0.759. The molecule has 0 fully saturated rings. The summed E-state index contributed by atoms with van der Waals surface area (Å²) in [5.74, 6) is 0.345. The fourth-order valence-corrected chi connectivity index (χ4v) is 0.973. The largest absolute Gasteiger partial charge is 0.491 e. The number of allylic oxidation sites excluding steroid dienone is 1. The van der Waals surface area contributed by atoms with Crippen LogP contribution in [0.4, 0.5) is 0 Å². The summed E-state index contributed by atoms with van der Waals surface area (Å²) in [6, 6.07) is 0. The van der Waals surface area contributed by atoms with Crippen LogP contribution in [0.5, 0.6) is 0 Å². The smallest absolute Gasteiger partial charge is 0.255 e. The van der Waals surface area contributed by atoms with E-state index in [0.29, 0.717) is 24.5 Å². The molecule has 0 aliphatic carbocycles. The minimum absolute atomic E-state index is 0.155. The third kappa shape index (κ3) is 1.56. The van der Waals surface area contributed by atoms with Crippen LogP contribution >= 0.6 is 0 Å². The number of hydrogen-bond donors (Lipinski definition) is 1. The van der Waals surface area contributed by atoms with E-state index in [0.717, 1.165) is 0 Å². The van der Waals surface area contributed by atoms with Gasteiger partial charge in [0, 0.05) is 0 Å². The Kier molecular flexibility index (Phi) is 2.69. The van der Waals surface area contributed by atoms with Gasteiger partial charge in [0.2, 0.25) is 0 Å². The average Bonchev–Trinajstić information content (AvgIpc) is 2.26. The fraction of sp³-hybridized carbons (Fsp3) is 0.222. The number of ether oxygens (including phenoxy) is 1. The van der Waals surface area contributed by atoms with Gasteiger partial charge in [0.05, 0.1) is 12.1 Å². The second-order valence-corrected chi connectivity index (χ2v) is 2.29. The summed E-state index contributed by atoms with van der Waals surface area (Å²) in [5, 5.41) is 2.67. The van der Waals surface area contributed by atoms with Crippen molar-refractivity contribution in [2.75, 3.05) is 13.2 Å². The highest BCUT2D eigenvalue weighted by Gasteiger charge is 2.14. The van der Waals surface area contributed by atoms with Gasteiger partial charge in [-0.05, 0) is 6.08 Å². The molecule has 0 bridgehead atoms. The van der Waals surface area contributed by atoms with E-state index in [1.807, 2.05) is 0 Å². The summed E-state index contributed by atoms with van der Waals surface area (Å²) < 4.78 is 5.23. The standard InChI is InChI=1S/C9H11NO2/c1-3-7-8(4-2)12-6-5-10-9(7)11/h3-4H,1-2,5-6H2,(H,10,11). The number of rotatable bonds is 2. The molecule has 12 heavy (non-hydrogen) atoms. The highest BCUT2D eigenvalue weighted by Crippen LogP contribution is 2.10. The highest BCUT2D eigenvalue weighted by atomic mass is 16.5. The van der Waals surface area contributed by atoms with Crippen molar-refractivity contribution in [3.05, 3.63) is 36.6 Å². The Morgan fingerprint density at radius 3 is 2.75 bits per heavy atom. The zero-order valence-electron chi connectivity index (χ0n) is 6.80. The van der Waals surface area contributed by atoms with Gasteiger partial charge in [-0.15, -0.1) is 0 Å². The van der Waals surface area contributed by atoms with Crippen LogP contribution in [-0.4, -0.2) is 19.1 Å². The maximum Gasteiger partial charge on any atom is 0.255 e. The van der Waals surface area contributed by atoms with E-state index in [1.165, 1.54) is 12.2 Å². The second kappa shape index (κ2) is 3.76. The van der Waals surface area contributed by atoms with Crippen molar-refractivity contribution in [3.8, 4) is 0 Å². The van der Waals surface area contributed by atoms with Crippen molar-refractivity contribution in [1.82, 2.24) is 5.32 Å². The van der Waals surface area contributed by atoms with Crippen LogP contribution in [0, 0.1) is 0 Å². The summed E-state index contributed by atoms with van der Waals surface area (Å²) in [7, 11) is 0. The molecule has 0 radical (unpaired) electrons. The van der Waals surface area contributed by atoms with Crippen LogP contribution in [-0.2, 0) is 9.53 Å². The highest BCUT2D eigenvalue weighted by molar-refractivity contribution is 5.97. The molecule has 3 heteroatoms. The van der Waals surface area contributed by atoms with Crippen LogP contribution in [0.1, 0.15) is 0 Å². The van der Waals surface area contributed by atoms with Crippen LogP contribution < -0.4 is 5.32 Å². The molecule has 0 aromatic carbocycles. The van der Waals surface area contributed by atoms with E-state index in [-0.39, 0.29) is 5.91 Å². The second-order valence-electron chi connectivity index (χ2n) is 2.29. The molecule has 1 N–H and O–H groups in total. The third-order valence-electron chi connectivity index (χ3n) is 1.54. The minimum Gasteiger partial charge on any atom is -0.491 e. The molecule has 0 saturated heterocycles. The van der Waals surface area contributed by atoms with E-state index in [4.69, 9.17) is 4.74 Å². The topological polar surface area (TPSA) is 38.3 Å². The van der Waals surface area contributed by atoms with Crippen molar-refractivity contribution in [3.63, 3.8) is 0 Å². The molecule has 0 atom stereocenters. The lowest BCUT2D eigenvalue weighted by molar-refractivity contribution is -0.117. The number of carbonyl (C=O) groups is 1. The maximum absolute atomic E-state index is 11.2. The predicted molar refractivity (Wildman–Crippen MR) is 46.4 cm³/mol. The summed E-state index contributed by atoms with van der Waals surface area (Å²) in [4.78, 5) is 11.2. The summed E-state index contributed by atoms with van der Waals surface area (Å²) in [5.41, 5.74) is 0.447. The minimum atomic E-state index is -0.155. The molecule has 3 nitrogen and oxygen atoms in total. The molecule has 1 heterocycles. The van der Waals surface area contributed by atoms with Gasteiger partial charge in [0.25, 0.3) is 5.91 Å². The van der Waals surface area contributed by atoms with E-state index in [1.54, 1.807) is 0 Å². The first kappa shape index (κ1) is 8.59. The molecule has 1 aliphatic rings. The summed E-state index contributed by atoms with van der Waals surface area (Å²) >= 11 is 0. The van der Waals surface area contributed by atoms with Crippen molar-refractivity contribution >= 4 is 5.91 Å². The molecular weight excluding hydrogens is 154 g/mol. The first-order valence-corrected chi connectivity index (χ1v) is 3.69. The Balaban J connectivity index is 3.02. The maximum atomic E-state index is 11.2. The molecule has 64 valence electrons. The van der Waals surface area contributed by atoms with Gasteiger partial charge in [-0.1, -0.05) is 19.2 Å². The van der Waals surface area contributed by atoms with Gasteiger partial charge in [-0.25, -0.2) is 0 Å². The lowest BCUT2D eigenvalue weighted by Crippen LogP contribution is -2.25. The molecule has 0 saturated carbocycles. The Morgan fingerprint density at radius 1 is 1.42 bits per heavy atom. The molecule has 1 aliphatic heterocycles. The van der Waals surface area contributed by atoms with Gasteiger partial charge < -0.3 is 10.1 Å². The zero-order chi connectivity index (χ0) is 8.97. The van der Waals surface area contributed by atoms with Gasteiger partial charge in [0.15, 0.2) is 0 Å². The third-order valence-corrected chi connectivity index (χ3v) is 1.54. The van der Waals surface area contributed by atoms with Crippen molar-refractivity contribution in [2.45, 2.75) is 0 Å². The SMILES string of the molecule is C=CC1=C(C=C)C(=O)NCCO1. The van der Waals surface area contributed by atoms with E-state index < -0.39 is 0 Å². The molecule has 0 spiro atoms. The van der Waals surface area contributed by atoms with Crippen LogP contribution in [0.15, 0.2) is 36.6 Å². The van der Waals surface area contributed by atoms with E-state index in [2.05, 4.69) is 18.5 Å². The average molecular weight is 165 g/mol. The lowest BCUT2D eigenvalue weighted by Gasteiger charge is -2.02. The van der Waals surface area contributed by atoms with E-state index >= 15 is 0 Å². The first-order valence-electron chi connectivity index (χ1n) is 3.69. The number of nitrogens with one attached hydrogen (secondary N) is 1. The Labute approximate surface area is 71.4 Å². The van der Waals surface area contributed by atoms with Crippen molar-refractivity contribution < 1.29 is 9.53 Å². The van der Waals surface area contributed by atoms with E-state index in [9.17, 15) is 4.79 Å². The quantitative estimate of drug-likeness (QED) is 0.656. The Hall–Kier alpha value is -1.51. The molecular formula is C9H11NO2. The van der Waals surface area contributed by atoms with Gasteiger partial charge >= 0.3 is 0 Å².